The fourth-order valence-electron chi connectivity index (χ4n) is 0.481. The Morgan fingerprint density at radius 2 is 1.78 bits per heavy atom. The van der Waals surface area contributed by atoms with Crippen molar-refractivity contribution in [3.63, 3.8) is 0 Å². The van der Waals surface area contributed by atoms with E-state index in [0.29, 0.717) is 0 Å². The maximum absolute atomic E-state index is 8.97. The molecule has 0 fully saturated rings. The molecular formula is C7H14O2. The second kappa shape index (κ2) is 3.64. The molecule has 0 aliphatic carbocycles. The first-order chi connectivity index (χ1) is 4.04. The van der Waals surface area contributed by atoms with Crippen molar-refractivity contribution >= 4 is 0 Å². The topological polar surface area (TPSA) is 40.5 Å². The fraction of sp³-hybridized carbons (Fsp3) is 0.714. The van der Waals surface area contributed by atoms with Gasteiger partial charge in [0.1, 0.15) is 0 Å². The predicted octanol–water partition coefficient (Wildman–Crippen LogP) is 0.694. The number of hydrogen-bond acceptors (Lipinski definition) is 2. The van der Waals surface area contributed by atoms with Crippen molar-refractivity contribution in [1.29, 1.82) is 0 Å². The summed E-state index contributed by atoms with van der Waals surface area (Å²) in [6.07, 6.45) is 0.250. The third-order valence-corrected chi connectivity index (χ3v) is 0.998. The van der Waals surface area contributed by atoms with E-state index in [0.717, 1.165) is 5.57 Å². The van der Waals surface area contributed by atoms with Crippen molar-refractivity contribution in [3.05, 3.63) is 11.6 Å². The minimum absolute atomic E-state index is 0.667. The van der Waals surface area contributed by atoms with E-state index in [-0.39, 0.29) is 0 Å². The molecule has 0 rings (SSSR count). The van der Waals surface area contributed by atoms with E-state index in [4.69, 9.17) is 10.2 Å². The largest absolute Gasteiger partial charge is 0.390 e. The van der Waals surface area contributed by atoms with Crippen LogP contribution < -0.4 is 0 Å². The molecule has 2 atom stereocenters. The lowest BCUT2D eigenvalue weighted by atomic mass is 10.2. The van der Waals surface area contributed by atoms with E-state index in [9.17, 15) is 0 Å². The Bertz CT molecular complexity index is 101. The number of rotatable bonds is 2. The Morgan fingerprint density at radius 1 is 1.33 bits per heavy atom. The van der Waals surface area contributed by atoms with Crippen LogP contribution in [0.5, 0.6) is 0 Å². The molecule has 0 aromatic heterocycles. The molecule has 0 heterocycles. The minimum Gasteiger partial charge on any atom is -0.390 e. The third-order valence-electron chi connectivity index (χ3n) is 0.998. The molecule has 2 nitrogen and oxygen atoms in total. The highest BCUT2D eigenvalue weighted by molar-refractivity contribution is 4.99. The SMILES string of the molecule is CC(C)=C[C@H](O)[C@H](C)O. The molecule has 2 N–H and O–H groups in total. The van der Waals surface area contributed by atoms with Gasteiger partial charge in [0.15, 0.2) is 0 Å². The summed E-state index contributed by atoms with van der Waals surface area (Å²) in [5.41, 5.74) is 1.02. The lowest BCUT2D eigenvalue weighted by Crippen LogP contribution is -2.19. The van der Waals surface area contributed by atoms with E-state index in [2.05, 4.69) is 0 Å². The average Bonchev–Trinajstić information content (AvgIpc) is 1.63. The highest BCUT2D eigenvalue weighted by atomic mass is 16.3. The van der Waals surface area contributed by atoms with Crippen molar-refractivity contribution in [2.24, 2.45) is 0 Å². The maximum Gasteiger partial charge on any atom is 0.0979 e. The summed E-state index contributed by atoms with van der Waals surface area (Å²) in [4.78, 5) is 0. The number of aliphatic hydroxyl groups excluding tert-OH is 2. The van der Waals surface area contributed by atoms with Gasteiger partial charge in [0.2, 0.25) is 0 Å². The Kier molecular flexibility index (Phi) is 3.50. The second-order valence-corrected chi connectivity index (χ2v) is 2.48. The molecule has 0 spiro atoms. The standard InChI is InChI=1S/C7H14O2/c1-5(2)4-7(9)6(3)8/h4,6-9H,1-3H3/t6-,7-/m0/s1. The van der Waals surface area contributed by atoms with Crippen molar-refractivity contribution < 1.29 is 10.2 Å². The van der Waals surface area contributed by atoms with Gasteiger partial charge in [-0.25, -0.2) is 0 Å². The number of aliphatic hydroxyl groups is 2. The van der Waals surface area contributed by atoms with Crippen LogP contribution in [0.15, 0.2) is 11.6 Å². The van der Waals surface area contributed by atoms with Gasteiger partial charge in [-0.2, -0.15) is 0 Å². The van der Waals surface area contributed by atoms with Gasteiger partial charge in [0.25, 0.3) is 0 Å². The van der Waals surface area contributed by atoms with Gasteiger partial charge in [-0.15, -0.1) is 0 Å². The van der Waals surface area contributed by atoms with Gasteiger partial charge in [-0.1, -0.05) is 11.6 Å². The highest BCUT2D eigenvalue weighted by Crippen LogP contribution is 1.98. The van der Waals surface area contributed by atoms with Gasteiger partial charge >= 0.3 is 0 Å². The minimum atomic E-state index is -0.713. The Labute approximate surface area is 55.8 Å². The summed E-state index contributed by atoms with van der Waals surface area (Å²) in [6, 6.07) is 0. The molecule has 0 bridgehead atoms. The molecule has 0 aromatic carbocycles. The van der Waals surface area contributed by atoms with Gasteiger partial charge in [0, 0.05) is 0 Å². The van der Waals surface area contributed by atoms with Crippen molar-refractivity contribution in [3.8, 4) is 0 Å². The molecule has 0 aromatic rings. The maximum atomic E-state index is 8.97. The van der Waals surface area contributed by atoms with Gasteiger partial charge in [-0.3, -0.25) is 0 Å². The normalized spacial score (nSPS) is 16.6. The molecule has 0 saturated heterocycles. The fourth-order valence-corrected chi connectivity index (χ4v) is 0.481. The quantitative estimate of drug-likeness (QED) is 0.540. The molecule has 0 amide bonds. The molecule has 0 radical (unpaired) electrons. The molecule has 0 saturated carbocycles. The first-order valence-electron chi connectivity index (χ1n) is 3.05. The van der Waals surface area contributed by atoms with Crippen molar-refractivity contribution in [2.45, 2.75) is 33.0 Å². The Hall–Kier alpha value is -0.340. The molecule has 9 heavy (non-hydrogen) atoms. The molecule has 0 unspecified atom stereocenters. The molecule has 54 valence electrons. The van der Waals surface area contributed by atoms with Crippen LogP contribution in [0.3, 0.4) is 0 Å². The summed E-state index contributed by atoms with van der Waals surface area (Å²) in [6.45, 7) is 5.32. The first kappa shape index (κ1) is 8.66. The summed E-state index contributed by atoms with van der Waals surface area (Å²) >= 11 is 0. The smallest absolute Gasteiger partial charge is 0.0979 e. The Balaban J connectivity index is 3.76. The zero-order valence-corrected chi connectivity index (χ0v) is 6.13. The first-order valence-corrected chi connectivity index (χ1v) is 3.05. The zero-order valence-electron chi connectivity index (χ0n) is 6.13. The van der Waals surface area contributed by atoms with Crippen molar-refractivity contribution in [1.82, 2.24) is 0 Å². The van der Waals surface area contributed by atoms with Crippen molar-refractivity contribution in [2.75, 3.05) is 0 Å². The lowest BCUT2D eigenvalue weighted by Gasteiger charge is -2.08. The summed E-state index contributed by atoms with van der Waals surface area (Å²) < 4.78 is 0. The number of allylic oxidation sites excluding steroid dienone is 1. The van der Waals surface area contributed by atoms with Crippen LogP contribution >= 0.6 is 0 Å². The van der Waals surface area contributed by atoms with E-state index >= 15 is 0 Å². The monoisotopic (exact) mass is 130 g/mol. The van der Waals surface area contributed by atoms with Crippen LogP contribution in [0.25, 0.3) is 0 Å². The lowest BCUT2D eigenvalue weighted by molar-refractivity contribution is 0.0614. The van der Waals surface area contributed by atoms with E-state index in [1.807, 2.05) is 13.8 Å². The van der Waals surface area contributed by atoms with E-state index in [1.165, 1.54) is 0 Å². The summed E-state index contributed by atoms with van der Waals surface area (Å²) in [7, 11) is 0. The summed E-state index contributed by atoms with van der Waals surface area (Å²) in [5, 5.41) is 17.7. The van der Waals surface area contributed by atoms with E-state index in [1.54, 1.807) is 13.0 Å². The zero-order chi connectivity index (χ0) is 7.44. The molecule has 0 aliphatic heterocycles. The molecule has 2 heteroatoms. The van der Waals surface area contributed by atoms with Crippen LogP contribution in [-0.2, 0) is 0 Å². The average molecular weight is 130 g/mol. The molecule has 0 aliphatic rings. The Morgan fingerprint density at radius 3 is 1.89 bits per heavy atom. The van der Waals surface area contributed by atoms with Gasteiger partial charge < -0.3 is 10.2 Å². The van der Waals surface area contributed by atoms with Gasteiger partial charge in [-0.05, 0) is 20.8 Å². The van der Waals surface area contributed by atoms with Gasteiger partial charge in [0.05, 0.1) is 12.2 Å². The third kappa shape index (κ3) is 4.18. The number of hydrogen-bond donors (Lipinski definition) is 2. The molecular weight excluding hydrogens is 116 g/mol. The summed E-state index contributed by atoms with van der Waals surface area (Å²) in [5.74, 6) is 0. The highest BCUT2D eigenvalue weighted by Gasteiger charge is 2.05. The van der Waals surface area contributed by atoms with Crippen LogP contribution in [0.1, 0.15) is 20.8 Å². The predicted molar refractivity (Wildman–Crippen MR) is 37.1 cm³/mol. The van der Waals surface area contributed by atoms with Crippen LogP contribution in [-0.4, -0.2) is 22.4 Å². The van der Waals surface area contributed by atoms with Crippen LogP contribution in [0.2, 0.25) is 0 Å². The van der Waals surface area contributed by atoms with Crippen LogP contribution in [0, 0.1) is 0 Å². The second-order valence-electron chi connectivity index (χ2n) is 2.48. The van der Waals surface area contributed by atoms with Crippen LogP contribution in [0.4, 0.5) is 0 Å². The van der Waals surface area contributed by atoms with E-state index < -0.39 is 12.2 Å².